The van der Waals surface area contributed by atoms with Crippen molar-refractivity contribution in [2.45, 2.75) is 71.5 Å². The molecule has 1 aliphatic carbocycles. The van der Waals surface area contributed by atoms with E-state index in [9.17, 15) is 9.59 Å². The Labute approximate surface area is 196 Å². The van der Waals surface area contributed by atoms with Crippen molar-refractivity contribution in [3.05, 3.63) is 64.2 Å². The van der Waals surface area contributed by atoms with Crippen molar-refractivity contribution in [3.8, 4) is 5.75 Å². The first-order valence-corrected chi connectivity index (χ1v) is 11.8. The van der Waals surface area contributed by atoms with E-state index < -0.39 is 6.04 Å². The summed E-state index contributed by atoms with van der Waals surface area (Å²) in [5.41, 5.74) is 3.03. The number of aryl methyl sites for hydroxylation is 1. The van der Waals surface area contributed by atoms with Gasteiger partial charge in [0.1, 0.15) is 11.8 Å². The van der Waals surface area contributed by atoms with E-state index in [0.717, 1.165) is 42.4 Å². The Hall–Kier alpha value is -2.53. The van der Waals surface area contributed by atoms with E-state index in [0.29, 0.717) is 23.7 Å². The molecular weight excluding hydrogens is 424 g/mol. The number of hydrogen-bond acceptors (Lipinski definition) is 3. The number of hydrogen-bond donors (Lipinski definition) is 1. The maximum absolute atomic E-state index is 13.3. The lowest BCUT2D eigenvalue weighted by Crippen LogP contribution is -2.52. The molecule has 1 unspecified atom stereocenters. The molecule has 0 aliphatic heterocycles. The van der Waals surface area contributed by atoms with Crippen LogP contribution in [0.25, 0.3) is 0 Å². The highest BCUT2D eigenvalue weighted by Gasteiger charge is 2.31. The molecule has 2 aromatic rings. The highest BCUT2D eigenvalue weighted by Crippen LogP contribution is 2.22. The summed E-state index contributed by atoms with van der Waals surface area (Å²) in [4.78, 5) is 28.1. The zero-order valence-corrected chi connectivity index (χ0v) is 20.0. The van der Waals surface area contributed by atoms with Crippen LogP contribution in [0.2, 0.25) is 5.02 Å². The number of benzene rings is 2. The molecule has 1 saturated carbocycles. The predicted molar refractivity (Wildman–Crippen MR) is 128 cm³/mol. The minimum atomic E-state index is -0.555. The second kappa shape index (κ2) is 11.4. The van der Waals surface area contributed by atoms with E-state index in [1.165, 1.54) is 0 Å². The van der Waals surface area contributed by atoms with Crippen LogP contribution in [0, 0.1) is 13.8 Å². The van der Waals surface area contributed by atoms with Crippen LogP contribution in [0.1, 0.15) is 55.7 Å². The van der Waals surface area contributed by atoms with Crippen molar-refractivity contribution in [3.63, 3.8) is 0 Å². The first-order valence-electron chi connectivity index (χ1n) is 11.4. The molecule has 2 amide bonds. The largest absolute Gasteiger partial charge is 0.483 e. The molecule has 1 N–H and O–H groups in total. The number of nitrogens with one attached hydrogen (secondary N) is 1. The maximum atomic E-state index is 13.3. The molecule has 6 heteroatoms. The van der Waals surface area contributed by atoms with Crippen molar-refractivity contribution < 1.29 is 14.3 Å². The Bertz CT molecular complexity index is 923. The lowest BCUT2D eigenvalue weighted by Gasteiger charge is -2.31. The molecule has 1 atom stereocenters. The van der Waals surface area contributed by atoms with Gasteiger partial charge in [0.15, 0.2) is 6.61 Å². The molecule has 172 valence electrons. The van der Waals surface area contributed by atoms with Gasteiger partial charge >= 0.3 is 0 Å². The van der Waals surface area contributed by atoms with Gasteiger partial charge in [-0.25, -0.2) is 0 Å². The van der Waals surface area contributed by atoms with Gasteiger partial charge in [0, 0.05) is 17.6 Å². The minimum absolute atomic E-state index is 0.0894. The van der Waals surface area contributed by atoms with E-state index in [-0.39, 0.29) is 24.5 Å². The molecule has 2 aromatic carbocycles. The van der Waals surface area contributed by atoms with Gasteiger partial charge in [-0.3, -0.25) is 9.59 Å². The third-order valence-corrected chi connectivity index (χ3v) is 6.51. The first-order chi connectivity index (χ1) is 15.4. The molecule has 0 radical (unpaired) electrons. The Kier molecular flexibility index (Phi) is 8.57. The van der Waals surface area contributed by atoms with Crippen LogP contribution in [0.15, 0.2) is 42.5 Å². The Morgan fingerprint density at radius 1 is 1.12 bits per heavy atom. The van der Waals surface area contributed by atoms with Gasteiger partial charge in [-0.1, -0.05) is 55.6 Å². The monoisotopic (exact) mass is 456 g/mol. The minimum Gasteiger partial charge on any atom is -0.483 e. The molecular formula is C26H33ClN2O3. The molecule has 1 fully saturated rings. The fraction of sp³-hybridized carbons (Fsp3) is 0.462. The molecule has 0 saturated heterocycles. The molecule has 0 spiro atoms. The zero-order chi connectivity index (χ0) is 23.1. The van der Waals surface area contributed by atoms with Crippen molar-refractivity contribution in [2.24, 2.45) is 0 Å². The van der Waals surface area contributed by atoms with E-state index in [2.05, 4.69) is 5.32 Å². The topological polar surface area (TPSA) is 58.6 Å². The third kappa shape index (κ3) is 6.26. The molecule has 1 aliphatic rings. The third-order valence-electron chi connectivity index (χ3n) is 6.26. The lowest BCUT2D eigenvalue weighted by molar-refractivity contribution is -0.143. The van der Waals surface area contributed by atoms with E-state index in [4.69, 9.17) is 16.3 Å². The van der Waals surface area contributed by atoms with Crippen molar-refractivity contribution >= 4 is 23.4 Å². The maximum Gasteiger partial charge on any atom is 0.261 e. The molecule has 5 nitrogen and oxygen atoms in total. The highest BCUT2D eigenvalue weighted by molar-refractivity contribution is 6.30. The summed E-state index contributed by atoms with van der Waals surface area (Å²) in [6.45, 7) is 6.13. The molecule has 0 aromatic heterocycles. The summed E-state index contributed by atoms with van der Waals surface area (Å²) in [5, 5.41) is 3.79. The van der Waals surface area contributed by atoms with Crippen LogP contribution >= 0.6 is 11.6 Å². The zero-order valence-electron chi connectivity index (χ0n) is 19.2. The van der Waals surface area contributed by atoms with Crippen molar-refractivity contribution in [1.82, 2.24) is 10.2 Å². The van der Waals surface area contributed by atoms with Crippen molar-refractivity contribution in [2.75, 3.05) is 6.61 Å². The second-order valence-electron chi connectivity index (χ2n) is 8.55. The van der Waals surface area contributed by atoms with Gasteiger partial charge in [0.05, 0.1) is 0 Å². The lowest BCUT2D eigenvalue weighted by atomic mass is 10.1. The van der Waals surface area contributed by atoms with E-state index >= 15 is 0 Å². The summed E-state index contributed by atoms with van der Waals surface area (Å²) in [6, 6.07) is 12.8. The van der Waals surface area contributed by atoms with Gasteiger partial charge in [-0.15, -0.1) is 0 Å². The number of halogens is 1. The smallest absolute Gasteiger partial charge is 0.261 e. The number of rotatable bonds is 9. The SMILES string of the molecule is CCC(C(=O)NC1CCCC1)N(Cc1ccc(Cl)cc1)C(=O)COc1cccc(C)c1C. The van der Waals surface area contributed by atoms with Crippen LogP contribution in [-0.2, 0) is 16.1 Å². The van der Waals surface area contributed by atoms with Crippen LogP contribution in [0.5, 0.6) is 5.75 Å². The summed E-state index contributed by atoms with van der Waals surface area (Å²) >= 11 is 6.03. The Morgan fingerprint density at radius 2 is 1.81 bits per heavy atom. The average Bonchev–Trinajstić information content (AvgIpc) is 3.28. The molecule has 0 heterocycles. The first kappa shape index (κ1) is 24.1. The van der Waals surface area contributed by atoms with Gasteiger partial charge in [0.2, 0.25) is 5.91 Å². The number of carbonyl (C=O) groups is 2. The number of ether oxygens (including phenoxy) is 1. The normalized spacial score (nSPS) is 14.8. The van der Waals surface area contributed by atoms with Gasteiger partial charge in [0.25, 0.3) is 5.91 Å². The van der Waals surface area contributed by atoms with Gasteiger partial charge < -0.3 is 15.0 Å². The van der Waals surface area contributed by atoms with Crippen LogP contribution in [0.3, 0.4) is 0 Å². The van der Waals surface area contributed by atoms with Crippen LogP contribution in [-0.4, -0.2) is 35.4 Å². The van der Waals surface area contributed by atoms with Crippen LogP contribution in [0.4, 0.5) is 0 Å². The number of nitrogens with zero attached hydrogens (tertiary/aromatic N) is 1. The van der Waals surface area contributed by atoms with Crippen LogP contribution < -0.4 is 10.1 Å². The van der Waals surface area contributed by atoms with E-state index in [1.54, 1.807) is 17.0 Å². The molecule has 32 heavy (non-hydrogen) atoms. The summed E-state index contributed by atoms with van der Waals surface area (Å²) in [6.07, 6.45) is 4.81. The van der Waals surface area contributed by atoms with Gasteiger partial charge in [-0.2, -0.15) is 0 Å². The average molecular weight is 457 g/mol. The van der Waals surface area contributed by atoms with E-state index in [1.807, 2.05) is 51.1 Å². The van der Waals surface area contributed by atoms with Crippen molar-refractivity contribution in [1.29, 1.82) is 0 Å². The molecule has 3 rings (SSSR count). The quantitative estimate of drug-likeness (QED) is 0.564. The summed E-state index contributed by atoms with van der Waals surface area (Å²) < 4.78 is 5.88. The standard InChI is InChI=1S/C26H33ClN2O3/c1-4-23(26(31)28-22-9-5-6-10-22)29(16-20-12-14-21(27)15-13-20)25(30)17-32-24-11-7-8-18(2)19(24)3/h7-8,11-15,22-23H,4-6,9-10,16-17H2,1-3H3,(H,28,31). The summed E-state index contributed by atoms with van der Waals surface area (Å²) in [5.74, 6) is 0.385. The second-order valence-corrected chi connectivity index (χ2v) is 8.99. The Balaban J connectivity index is 1.77. The highest BCUT2D eigenvalue weighted by atomic mass is 35.5. The fourth-order valence-corrected chi connectivity index (χ4v) is 4.30. The van der Waals surface area contributed by atoms with Gasteiger partial charge in [-0.05, 0) is 68.0 Å². The number of carbonyl (C=O) groups excluding carboxylic acids is 2. The fourth-order valence-electron chi connectivity index (χ4n) is 4.18. The summed E-state index contributed by atoms with van der Waals surface area (Å²) in [7, 11) is 0. The predicted octanol–water partition coefficient (Wildman–Crippen LogP) is 5.20. The number of amides is 2. The Morgan fingerprint density at radius 3 is 2.47 bits per heavy atom. The molecule has 0 bridgehead atoms.